The van der Waals surface area contributed by atoms with Crippen LogP contribution in [0.5, 0.6) is 0 Å². The monoisotopic (exact) mass is 242 g/mol. The number of hydrogen-bond acceptors (Lipinski definition) is 4. The molecule has 1 heterocycles. The zero-order chi connectivity index (χ0) is 13.1. The Hall–Kier alpha value is -2.48. The summed E-state index contributed by atoms with van der Waals surface area (Å²) in [6.07, 6.45) is 0.225. The number of anilines is 1. The molecule has 0 radical (unpaired) electrons. The lowest BCUT2D eigenvalue weighted by atomic mass is 10.0. The van der Waals surface area contributed by atoms with Crippen molar-refractivity contribution in [3.8, 4) is 6.07 Å². The van der Waals surface area contributed by atoms with E-state index in [-0.39, 0.29) is 18.2 Å². The van der Waals surface area contributed by atoms with Crippen molar-refractivity contribution in [1.82, 2.24) is 9.97 Å². The molecule has 0 bridgehead atoms. The van der Waals surface area contributed by atoms with E-state index < -0.39 is 0 Å². The van der Waals surface area contributed by atoms with Gasteiger partial charge in [0.25, 0.3) is 0 Å². The number of benzene rings is 1. The molecule has 0 spiro atoms. The summed E-state index contributed by atoms with van der Waals surface area (Å²) in [7, 11) is 0. The third-order valence-electron chi connectivity index (χ3n) is 2.61. The van der Waals surface area contributed by atoms with Gasteiger partial charge in [0.05, 0.1) is 17.0 Å². The molecule has 0 aliphatic heterocycles. The summed E-state index contributed by atoms with van der Waals surface area (Å²) in [6.45, 7) is 1.68. The molecule has 1 aromatic heterocycles. The maximum Gasteiger partial charge on any atom is 0.220 e. The van der Waals surface area contributed by atoms with Gasteiger partial charge < -0.3 is 5.73 Å². The summed E-state index contributed by atoms with van der Waals surface area (Å²) in [5, 5.41) is 9.07. The minimum Gasteiger partial charge on any atom is -0.368 e. The van der Waals surface area contributed by atoms with Crippen molar-refractivity contribution in [2.75, 3.05) is 5.73 Å². The van der Waals surface area contributed by atoms with Crippen LogP contribution in [-0.4, -0.2) is 9.97 Å². The minimum absolute atomic E-state index is 0.0952. The molecular weight excluding hydrogens is 231 g/mol. The lowest BCUT2D eigenvalue weighted by Crippen LogP contribution is -2.06. The van der Waals surface area contributed by atoms with E-state index in [4.69, 9.17) is 11.0 Å². The molecule has 5 heteroatoms. The molecule has 0 atom stereocenters. The molecule has 1 aromatic carbocycles. The van der Waals surface area contributed by atoms with E-state index >= 15 is 0 Å². The van der Waals surface area contributed by atoms with E-state index in [0.29, 0.717) is 22.5 Å². The molecule has 0 saturated heterocycles. The summed E-state index contributed by atoms with van der Waals surface area (Å²) < 4.78 is 13.6. The lowest BCUT2D eigenvalue weighted by molar-refractivity contribution is 0.613. The Bertz CT molecular complexity index is 631. The minimum atomic E-state index is -0.323. The second kappa shape index (κ2) is 4.80. The van der Waals surface area contributed by atoms with E-state index in [9.17, 15) is 4.39 Å². The standard InChI is InChI=1S/C13H11FN4/c1-8-10(7-15)12(18-13(16)17-8)6-9-4-2-3-5-11(9)14/h2-5H,6H2,1H3,(H2,16,17,18). The molecule has 18 heavy (non-hydrogen) atoms. The average molecular weight is 242 g/mol. The summed E-state index contributed by atoms with van der Waals surface area (Å²) >= 11 is 0. The van der Waals surface area contributed by atoms with Gasteiger partial charge in [-0.15, -0.1) is 0 Å². The van der Waals surface area contributed by atoms with Crippen LogP contribution in [0.25, 0.3) is 0 Å². The highest BCUT2D eigenvalue weighted by atomic mass is 19.1. The molecule has 0 aliphatic rings. The highest BCUT2D eigenvalue weighted by Gasteiger charge is 2.12. The second-order valence-electron chi connectivity index (χ2n) is 3.87. The largest absolute Gasteiger partial charge is 0.368 e. The molecule has 90 valence electrons. The molecule has 0 amide bonds. The van der Waals surface area contributed by atoms with Gasteiger partial charge in [-0.25, -0.2) is 14.4 Å². The van der Waals surface area contributed by atoms with Gasteiger partial charge in [0.15, 0.2) is 0 Å². The van der Waals surface area contributed by atoms with Crippen molar-refractivity contribution in [2.24, 2.45) is 0 Å². The van der Waals surface area contributed by atoms with Gasteiger partial charge in [-0.05, 0) is 18.6 Å². The number of nitrogens with two attached hydrogens (primary N) is 1. The van der Waals surface area contributed by atoms with Crippen molar-refractivity contribution in [2.45, 2.75) is 13.3 Å². The van der Waals surface area contributed by atoms with Crippen LogP contribution < -0.4 is 5.73 Å². The van der Waals surface area contributed by atoms with Crippen molar-refractivity contribution < 1.29 is 4.39 Å². The van der Waals surface area contributed by atoms with Crippen molar-refractivity contribution in [3.63, 3.8) is 0 Å². The van der Waals surface area contributed by atoms with E-state index in [0.717, 1.165) is 0 Å². The molecule has 0 saturated carbocycles. The van der Waals surface area contributed by atoms with Crippen molar-refractivity contribution in [1.29, 1.82) is 5.26 Å². The average Bonchev–Trinajstić information content (AvgIpc) is 2.31. The van der Waals surface area contributed by atoms with E-state index in [1.807, 2.05) is 6.07 Å². The molecule has 2 rings (SSSR count). The highest BCUT2D eigenvalue weighted by molar-refractivity contribution is 5.42. The fraction of sp³-hybridized carbons (Fsp3) is 0.154. The number of aryl methyl sites for hydroxylation is 1. The first-order valence-electron chi connectivity index (χ1n) is 5.38. The SMILES string of the molecule is Cc1nc(N)nc(Cc2ccccc2F)c1C#N. The van der Waals surface area contributed by atoms with E-state index in [2.05, 4.69) is 9.97 Å². The van der Waals surface area contributed by atoms with Gasteiger partial charge >= 0.3 is 0 Å². The molecule has 0 aliphatic carbocycles. The Morgan fingerprint density at radius 3 is 2.72 bits per heavy atom. The number of nitrogen functional groups attached to an aromatic ring is 1. The van der Waals surface area contributed by atoms with Gasteiger partial charge in [0, 0.05) is 6.42 Å². The van der Waals surface area contributed by atoms with Crippen LogP contribution in [0.4, 0.5) is 10.3 Å². The Labute approximate surface area is 104 Å². The fourth-order valence-electron chi connectivity index (χ4n) is 1.75. The first kappa shape index (κ1) is 12.0. The predicted molar refractivity (Wildman–Crippen MR) is 65.1 cm³/mol. The fourth-order valence-corrected chi connectivity index (χ4v) is 1.75. The number of halogens is 1. The molecule has 0 fully saturated rings. The Balaban J connectivity index is 2.47. The van der Waals surface area contributed by atoms with Crippen molar-refractivity contribution in [3.05, 3.63) is 52.6 Å². The second-order valence-corrected chi connectivity index (χ2v) is 3.87. The quantitative estimate of drug-likeness (QED) is 0.873. The highest BCUT2D eigenvalue weighted by Crippen LogP contribution is 2.17. The first-order valence-corrected chi connectivity index (χ1v) is 5.38. The number of hydrogen-bond donors (Lipinski definition) is 1. The topological polar surface area (TPSA) is 75.6 Å². The summed E-state index contributed by atoms with van der Waals surface area (Å²) in [6, 6.07) is 8.41. The van der Waals surface area contributed by atoms with Crippen molar-refractivity contribution >= 4 is 5.95 Å². The van der Waals surface area contributed by atoms with Crippen LogP contribution in [-0.2, 0) is 6.42 Å². The van der Waals surface area contributed by atoms with Crippen LogP contribution >= 0.6 is 0 Å². The summed E-state index contributed by atoms with van der Waals surface area (Å²) in [4.78, 5) is 7.94. The zero-order valence-corrected chi connectivity index (χ0v) is 9.81. The molecule has 2 N–H and O–H groups in total. The van der Waals surface area contributed by atoms with E-state index in [1.54, 1.807) is 25.1 Å². The molecular formula is C13H11FN4. The molecule has 0 unspecified atom stereocenters. The molecule has 2 aromatic rings. The van der Waals surface area contributed by atoms with Crippen LogP contribution in [0, 0.1) is 24.1 Å². The predicted octanol–water partition coefficient (Wildman–Crippen LogP) is 1.97. The smallest absolute Gasteiger partial charge is 0.220 e. The number of rotatable bonds is 2. The van der Waals surface area contributed by atoms with Gasteiger partial charge in [0.2, 0.25) is 5.95 Å². The molecule has 4 nitrogen and oxygen atoms in total. The Morgan fingerprint density at radius 1 is 1.33 bits per heavy atom. The normalized spacial score (nSPS) is 10.1. The van der Waals surface area contributed by atoms with Crippen LogP contribution in [0.15, 0.2) is 24.3 Å². The summed E-state index contributed by atoms with van der Waals surface area (Å²) in [5.41, 5.74) is 7.34. The third kappa shape index (κ3) is 2.28. The number of nitriles is 1. The lowest BCUT2D eigenvalue weighted by Gasteiger charge is -2.07. The maximum absolute atomic E-state index is 13.6. The third-order valence-corrected chi connectivity index (χ3v) is 2.61. The van der Waals surface area contributed by atoms with Gasteiger partial charge in [-0.1, -0.05) is 18.2 Å². The first-order chi connectivity index (χ1) is 8.61. The van der Waals surface area contributed by atoms with Crippen LogP contribution in [0.1, 0.15) is 22.5 Å². The number of nitrogens with zero attached hydrogens (tertiary/aromatic N) is 3. The Kier molecular flexibility index (Phi) is 3.20. The summed E-state index contributed by atoms with van der Waals surface area (Å²) in [5.74, 6) is -0.228. The van der Waals surface area contributed by atoms with Gasteiger partial charge in [0.1, 0.15) is 11.9 Å². The van der Waals surface area contributed by atoms with Gasteiger partial charge in [-0.3, -0.25) is 0 Å². The van der Waals surface area contributed by atoms with Gasteiger partial charge in [-0.2, -0.15) is 5.26 Å². The van der Waals surface area contributed by atoms with Crippen LogP contribution in [0.3, 0.4) is 0 Å². The number of aromatic nitrogens is 2. The maximum atomic E-state index is 13.6. The van der Waals surface area contributed by atoms with Crippen LogP contribution in [0.2, 0.25) is 0 Å². The zero-order valence-electron chi connectivity index (χ0n) is 9.81. The van der Waals surface area contributed by atoms with E-state index in [1.165, 1.54) is 6.07 Å². The Morgan fingerprint density at radius 2 is 2.06 bits per heavy atom.